The molecule has 0 aliphatic heterocycles. The Hall–Kier alpha value is -0.940. The molecule has 0 aliphatic rings. The molecule has 1 atom stereocenters. The van der Waals surface area contributed by atoms with Crippen LogP contribution in [0, 0.1) is 0 Å². The van der Waals surface area contributed by atoms with Crippen LogP contribution in [0.5, 0.6) is 0 Å². The second-order valence-electron chi connectivity index (χ2n) is 2.48. The molecule has 0 saturated carbocycles. The van der Waals surface area contributed by atoms with Crippen LogP contribution in [0.4, 0.5) is 0 Å². The van der Waals surface area contributed by atoms with Crippen LogP contribution in [0.3, 0.4) is 0 Å². The van der Waals surface area contributed by atoms with E-state index in [4.69, 9.17) is 0 Å². The van der Waals surface area contributed by atoms with Gasteiger partial charge >= 0.3 is 5.97 Å². The van der Waals surface area contributed by atoms with Gasteiger partial charge < -0.3 is 9.84 Å². The van der Waals surface area contributed by atoms with Crippen molar-refractivity contribution in [2.75, 3.05) is 7.11 Å². The molecule has 1 heterocycles. The Kier molecular flexibility index (Phi) is 3.39. The summed E-state index contributed by atoms with van der Waals surface area (Å²) in [6.07, 6.45) is 1.43. The third kappa shape index (κ3) is 2.26. The van der Waals surface area contributed by atoms with E-state index >= 15 is 0 Å². The normalized spacial score (nSPS) is 12.5. The maximum absolute atomic E-state index is 11.0. The molecule has 13 heavy (non-hydrogen) atoms. The molecule has 5 heteroatoms. The summed E-state index contributed by atoms with van der Waals surface area (Å²) in [7, 11) is 1.32. The van der Waals surface area contributed by atoms with Crippen molar-refractivity contribution in [3.63, 3.8) is 0 Å². The maximum Gasteiger partial charge on any atom is 0.349 e. The Morgan fingerprint density at radius 1 is 1.85 bits per heavy atom. The van der Waals surface area contributed by atoms with Crippen LogP contribution in [-0.4, -0.2) is 23.2 Å². The summed E-state index contributed by atoms with van der Waals surface area (Å²) in [4.78, 5) is 15.3. The monoisotopic (exact) mass is 201 g/mol. The zero-order chi connectivity index (χ0) is 9.84. The van der Waals surface area contributed by atoms with E-state index in [-0.39, 0.29) is 0 Å². The number of aliphatic hydroxyl groups is 1. The van der Waals surface area contributed by atoms with E-state index in [0.717, 1.165) is 11.3 Å². The van der Waals surface area contributed by atoms with Gasteiger partial charge in [0.05, 0.1) is 13.3 Å². The first-order valence-electron chi connectivity index (χ1n) is 3.91. The fourth-order valence-corrected chi connectivity index (χ4v) is 1.72. The van der Waals surface area contributed by atoms with Gasteiger partial charge in [0.2, 0.25) is 0 Å². The number of aliphatic hydroxyl groups excluding tert-OH is 1. The largest absolute Gasteiger partial charge is 0.465 e. The zero-order valence-corrected chi connectivity index (χ0v) is 8.30. The lowest BCUT2D eigenvalue weighted by Crippen LogP contribution is -1.97. The predicted molar refractivity (Wildman–Crippen MR) is 48.7 cm³/mol. The van der Waals surface area contributed by atoms with E-state index in [1.54, 1.807) is 0 Å². The molecule has 0 spiro atoms. The highest BCUT2D eigenvalue weighted by Gasteiger charge is 2.14. The molecule has 1 aromatic heterocycles. The summed E-state index contributed by atoms with van der Waals surface area (Å²) >= 11 is 1.16. The Morgan fingerprint density at radius 2 is 2.54 bits per heavy atom. The molecule has 0 bridgehead atoms. The van der Waals surface area contributed by atoms with Crippen molar-refractivity contribution < 1.29 is 14.6 Å². The SMILES string of the molecule is CCC(O)c1ncc(C(=O)OC)s1. The molecule has 1 unspecified atom stereocenters. The second-order valence-corrected chi connectivity index (χ2v) is 3.54. The van der Waals surface area contributed by atoms with E-state index in [9.17, 15) is 9.90 Å². The molecular weight excluding hydrogens is 190 g/mol. The lowest BCUT2D eigenvalue weighted by molar-refractivity contribution is 0.0606. The van der Waals surface area contributed by atoms with Crippen molar-refractivity contribution in [3.8, 4) is 0 Å². The van der Waals surface area contributed by atoms with Crippen molar-refractivity contribution in [2.24, 2.45) is 0 Å². The molecule has 0 radical (unpaired) electrons. The molecular formula is C8H11NO3S. The second kappa shape index (κ2) is 4.34. The third-order valence-electron chi connectivity index (χ3n) is 1.58. The molecule has 0 fully saturated rings. The van der Waals surface area contributed by atoms with Crippen LogP contribution in [0.1, 0.15) is 34.1 Å². The van der Waals surface area contributed by atoms with Crippen LogP contribution < -0.4 is 0 Å². The van der Waals surface area contributed by atoms with Gasteiger partial charge in [0.25, 0.3) is 0 Å². The van der Waals surface area contributed by atoms with Gasteiger partial charge in [-0.3, -0.25) is 0 Å². The average Bonchev–Trinajstić information content (AvgIpc) is 2.64. The van der Waals surface area contributed by atoms with Gasteiger partial charge in [-0.05, 0) is 6.42 Å². The Bertz CT molecular complexity index is 297. The number of esters is 1. The zero-order valence-electron chi connectivity index (χ0n) is 7.48. The number of carbonyl (C=O) groups excluding carboxylic acids is 1. The van der Waals surface area contributed by atoms with Crippen LogP contribution >= 0.6 is 11.3 Å². The van der Waals surface area contributed by atoms with Crippen LogP contribution in [0.25, 0.3) is 0 Å². The molecule has 0 amide bonds. The minimum absolute atomic E-state index is 0.410. The fraction of sp³-hybridized carbons (Fsp3) is 0.500. The van der Waals surface area contributed by atoms with Crippen LogP contribution in [-0.2, 0) is 4.74 Å². The first-order valence-corrected chi connectivity index (χ1v) is 4.72. The van der Waals surface area contributed by atoms with Crippen LogP contribution in [0.2, 0.25) is 0 Å². The summed E-state index contributed by atoms with van der Waals surface area (Å²) in [5.74, 6) is -0.410. The number of ether oxygens (including phenoxy) is 1. The lowest BCUT2D eigenvalue weighted by Gasteiger charge is -2.00. The Morgan fingerprint density at radius 3 is 3.08 bits per heavy atom. The van der Waals surface area contributed by atoms with E-state index in [2.05, 4.69) is 9.72 Å². The number of nitrogens with zero attached hydrogens (tertiary/aromatic N) is 1. The number of thiazole rings is 1. The highest BCUT2D eigenvalue weighted by Crippen LogP contribution is 2.22. The van der Waals surface area contributed by atoms with E-state index in [1.807, 2.05) is 6.92 Å². The van der Waals surface area contributed by atoms with Crippen molar-refractivity contribution in [2.45, 2.75) is 19.4 Å². The first kappa shape index (κ1) is 10.1. The molecule has 4 nitrogen and oxygen atoms in total. The number of aromatic nitrogens is 1. The van der Waals surface area contributed by atoms with Crippen molar-refractivity contribution in [1.29, 1.82) is 0 Å². The van der Waals surface area contributed by atoms with Gasteiger partial charge in [0.1, 0.15) is 16.0 Å². The predicted octanol–water partition coefficient (Wildman–Crippen LogP) is 1.37. The molecule has 0 saturated heterocycles. The van der Waals surface area contributed by atoms with Gasteiger partial charge in [-0.25, -0.2) is 9.78 Å². The summed E-state index contributed by atoms with van der Waals surface area (Å²) in [6, 6.07) is 0. The highest BCUT2D eigenvalue weighted by atomic mass is 32.1. The number of rotatable bonds is 3. The first-order chi connectivity index (χ1) is 6.19. The summed E-state index contributed by atoms with van der Waals surface area (Å²) in [6.45, 7) is 1.85. The van der Waals surface area contributed by atoms with Crippen molar-refractivity contribution in [3.05, 3.63) is 16.1 Å². The average molecular weight is 201 g/mol. The van der Waals surface area contributed by atoms with E-state index in [1.165, 1.54) is 13.3 Å². The summed E-state index contributed by atoms with van der Waals surface area (Å²) in [5.41, 5.74) is 0. The molecule has 1 N–H and O–H groups in total. The number of methoxy groups -OCH3 is 1. The van der Waals surface area contributed by atoms with Gasteiger partial charge in [-0.15, -0.1) is 11.3 Å². The van der Waals surface area contributed by atoms with Gasteiger partial charge in [0, 0.05) is 0 Å². The third-order valence-corrected chi connectivity index (χ3v) is 2.66. The highest BCUT2D eigenvalue weighted by molar-refractivity contribution is 7.13. The Balaban J connectivity index is 2.80. The van der Waals surface area contributed by atoms with Crippen molar-refractivity contribution in [1.82, 2.24) is 4.98 Å². The maximum atomic E-state index is 11.0. The molecule has 0 aromatic carbocycles. The molecule has 0 aliphatic carbocycles. The number of hydrogen-bond acceptors (Lipinski definition) is 5. The fourth-order valence-electron chi connectivity index (χ4n) is 0.811. The smallest absolute Gasteiger partial charge is 0.349 e. The van der Waals surface area contributed by atoms with Gasteiger partial charge in [0.15, 0.2) is 0 Å². The standard InChI is InChI=1S/C8H11NO3S/c1-3-5(10)7-9-4-6(13-7)8(11)12-2/h4-5,10H,3H2,1-2H3. The minimum Gasteiger partial charge on any atom is -0.465 e. The van der Waals surface area contributed by atoms with Gasteiger partial charge in [-0.1, -0.05) is 6.92 Å². The van der Waals surface area contributed by atoms with E-state index < -0.39 is 12.1 Å². The van der Waals surface area contributed by atoms with E-state index in [0.29, 0.717) is 16.3 Å². The van der Waals surface area contributed by atoms with Gasteiger partial charge in [-0.2, -0.15) is 0 Å². The lowest BCUT2D eigenvalue weighted by atomic mass is 10.3. The molecule has 72 valence electrons. The minimum atomic E-state index is -0.580. The summed E-state index contributed by atoms with van der Waals surface area (Å²) in [5, 5.41) is 9.95. The Labute approximate surface area is 80.2 Å². The number of hydrogen-bond donors (Lipinski definition) is 1. The topological polar surface area (TPSA) is 59.4 Å². The number of carbonyl (C=O) groups is 1. The molecule has 1 rings (SSSR count). The quantitative estimate of drug-likeness (QED) is 0.750. The van der Waals surface area contributed by atoms with Crippen molar-refractivity contribution >= 4 is 17.3 Å². The molecule has 1 aromatic rings. The summed E-state index contributed by atoms with van der Waals surface area (Å²) < 4.78 is 4.51. The van der Waals surface area contributed by atoms with Crippen LogP contribution in [0.15, 0.2) is 6.20 Å².